The third kappa shape index (κ3) is 2.81. The summed E-state index contributed by atoms with van der Waals surface area (Å²) in [5.41, 5.74) is 2.04. The molecule has 1 aromatic carbocycles. The molecule has 2 aromatic rings. The SMILES string of the molecule is Clc1cccc(CC2CNCCO2)c1-c1ccno1. The summed E-state index contributed by atoms with van der Waals surface area (Å²) in [6.45, 7) is 2.53. The smallest absolute Gasteiger partial charge is 0.168 e. The Balaban J connectivity index is 1.90. The first-order valence-electron chi connectivity index (χ1n) is 6.35. The number of hydrogen-bond donors (Lipinski definition) is 1. The van der Waals surface area contributed by atoms with Crippen molar-refractivity contribution in [1.82, 2.24) is 10.5 Å². The zero-order valence-corrected chi connectivity index (χ0v) is 11.2. The molecule has 0 spiro atoms. The van der Waals surface area contributed by atoms with E-state index in [9.17, 15) is 0 Å². The van der Waals surface area contributed by atoms with Crippen LogP contribution in [0.1, 0.15) is 5.56 Å². The fourth-order valence-electron chi connectivity index (χ4n) is 2.36. The molecule has 1 N–H and O–H groups in total. The highest BCUT2D eigenvalue weighted by Gasteiger charge is 2.19. The molecule has 3 rings (SSSR count). The minimum atomic E-state index is 0.175. The van der Waals surface area contributed by atoms with Crippen LogP contribution in [0.2, 0.25) is 5.02 Å². The van der Waals surface area contributed by atoms with E-state index in [4.69, 9.17) is 20.9 Å². The van der Waals surface area contributed by atoms with Crippen molar-refractivity contribution in [3.8, 4) is 11.3 Å². The minimum Gasteiger partial charge on any atom is -0.375 e. The zero-order valence-electron chi connectivity index (χ0n) is 10.4. The number of morpholine rings is 1. The Kier molecular flexibility index (Phi) is 3.82. The molecule has 1 atom stereocenters. The third-order valence-electron chi connectivity index (χ3n) is 3.24. The molecule has 0 aliphatic carbocycles. The summed E-state index contributed by atoms with van der Waals surface area (Å²) in [5, 5.41) is 7.76. The number of rotatable bonds is 3. The fourth-order valence-corrected chi connectivity index (χ4v) is 2.64. The van der Waals surface area contributed by atoms with Crippen LogP contribution in [0.25, 0.3) is 11.3 Å². The van der Waals surface area contributed by atoms with Crippen LogP contribution in [-0.2, 0) is 11.2 Å². The molecule has 0 radical (unpaired) electrons. The van der Waals surface area contributed by atoms with E-state index in [0.717, 1.165) is 37.2 Å². The molecule has 1 saturated heterocycles. The van der Waals surface area contributed by atoms with Gasteiger partial charge in [0.1, 0.15) is 0 Å². The largest absolute Gasteiger partial charge is 0.375 e. The van der Waals surface area contributed by atoms with Gasteiger partial charge in [-0.25, -0.2) is 0 Å². The van der Waals surface area contributed by atoms with Gasteiger partial charge in [0.2, 0.25) is 0 Å². The topological polar surface area (TPSA) is 47.3 Å². The highest BCUT2D eigenvalue weighted by Crippen LogP contribution is 2.32. The molecule has 2 heterocycles. The monoisotopic (exact) mass is 278 g/mol. The maximum atomic E-state index is 6.29. The van der Waals surface area contributed by atoms with Gasteiger partial charge in [0, 0.05) is 31.1 Å². The van der Waals surface area contributed by atoms with E-state index in [-0.39, 0.29) is 6.10 Å². The van der Waals surface area contributed by atoms with Gasteiger partial charge in [-0.2, -0.15) is 0 Å². The number of halogens is 1. The van der Waals surface area contributed by atoms with Crippen LogP contribution in [-0.4, -0.2) is 31.0 Å². The molecule has 1 unspecified atom stereocenters. The molecule has 19 heavy (non-hydrogen) atoms. The maximum absolute atomic E-state index is 6.29. The summed E-state index contributed by atoms with van der Waals surface area (Å²) in [6.07, 6.45) is 2.61. The number of nitrogens with zero attached hydrogens (tertiary/aromatic N) is 1. The van der Waals surface area contributed by atoms with Gasteiger partial charge in [0.05, 0.1) is 23.9 Å². The Morgan fingerprint density at radius 1 is 1.37 bits per heavy atom. The fraction of sp³-hybridized carbons (Fsp3) is 0.357. The van der Waals surface area contributed by atoms with E-state index >= 15 is 0 Å². The second kappa shape index (κ2) is 5.74. The van der Waals surface area contributed by atoms with E-state index in [0.29, 0.717) is 10.8 Å². The van der Waals surface area contributed by atoms with E-state index < -0.39 is 0 Å². The summed E-state index contributed by atoms with van der Waals surface area (Å²) >= 11 is 6.29. The molecule has 1 aliphatic rings. The van der Waals surface area contributed by atoms with Crippen molar-refractivity contribution >= 4 is 11.6 Å². The molecular weight excluding hydrogens is 264 g/mol. The van der Waals surface area contributed by atoms with Gasteiger partial charge >= 0.3 is 0 Å². The summed E-state index contributed by atoms with van der Waals surface area (Å²) in [6, 6.07) is 7.70. The highest BCUT2D eigenvalue weighted by atomic mass is 35.5. The highest BCUT2D eigenvalue weighted by molar-refractivity contribution is 6.33. The number of hydrogen-bond acceptors (Lipinski definition) is 4. The number of aromatic nitrogens is 1. The van der Waals surface area contributed by atoms with Crippen molar-refractivity contribution in [3.63, 3.8) is 0 Å². The van der Waals surface area contributed by atoms with Crippen molar-refractivity contribution in [1.29, 1.82) is 0 Å². The first kappa shape index (κ1) is 12.7. The predicted molar refractivity (Wildman–Crippen MR) is 73.3 cm³/mol. The van der Waals surface area contributed by atoms with Gasteiger partial charge in [-0.15, -0.1) is 0 Å². The summed E-state index contributed by atoms with van der Waals surface area (Å²) < 4.78 is 11.0. The predicted octanol–water partition coefficient (Wildman–Crippen LogP) is 2.53. The van der Waals surface area contributed by atoms with Gasteiger partial charge in [0.25, 0.3) is 0 Å². The lowest BCUT2D eigenvalue weighted by molar-refractivity contribution is 0.0293. The number of ether oxygens (including phenoxy) is 1. The summed E-state index contributed by atoms with van der Waals surface area (Å²) in [7, 11) is 0. The van der Waals surface area contributed by atoms with Crippen LogP contribution in [0.4, 0.5) is 0 Å². The van der Waals surface area contributed by atoms with Gasteiger partial charge < -0.3 is 14.6 Å². The van der Waals surface area contributed by atoms with Gasteiger partial charge in [-0.1, -0.05) is 28.9 Å². The minimum absolute atomic E-state index is 0.175. The quantitative estimate of drug-likeness (QED) is 0.937. The van der Waals surface area contributed by atoms with Gasteiger partial charge in [0.15, 0.2) is 5.76 Å². The average Bonchev–Trinajstić information content (AvgIpc) is 2.94. The van der Waals surface area contributed by atoms with E-state index in [1.54, 1.807) is 6.20 Å². The zero-order chi connectivity index (χ0) is 13.1. The Labute approximate surface area is 116 Å². The van der Waals surface area contributed by atoms with Crippen molar-refractivity contribution in [2.75, 3.05) is 19.7 Å². The van der Waals surface area contributed by atoms with Crippen LogP contribution >= 0.6 is 11.6 Å². The second-order valence-electron chi connectivity index (χ2n) is 4.55. The lowest BCUT2D eigenvalue weighted by atomic mass is 9.99. The van der Waals surface area contributed by atoms with Gasteiger partial charge in [-0.3, -0.25) is 0 Å². The standard InChI is InChI=1S/C14H15ClN2O2/c15-12-3-1-2-10(8-11-9-16-6-7-18-11)14(12)13-4-5-17-19-13/h1-5,11,16H,6-9H2. The molecule has 1 aromatic heterocycles. The third-order valence-corrected chi connectivity index (χ3v) is 3.55. The van der Waals surface area contributed by atoms with Gasteiger partial charge in [-0.05, 0) is 11.6 Å². The Morgan fingerprint density at radius 2 is 2.32 bits per heavy atom. The van der Waals surface area contributed by atoms with Crippen LogP contribution in [0.15, 0.2) is 35.0 Å². The lowest BCUT2D eigenvalue weighted by Gasteiger charge is -2.24. The first-order chi connectivity index (χ1) is 9.34. The Morgan fingerprint density at radius 3 is 3.05 bits per heavy atom. The van der Waals surface area contributed by atoms with Crippen molar-refractivity contribution < 1.29 is 9.26 Å². The van der Waals surface area contributed by atoms with E-state index in [2.05, 4.69) is 16.5 Å². The molecule has 100 valence electrons. The van der Waals surface area contributed by atoms with E-state index in [1.807, 2.05) is 18.2 Å². The van der Waals surface area contributed by atoms with Crippen LogP contribution < -0.4 is 5.32 Å². The molecule has 5 heteroatoms. The first-order valence-corrected chi connectivity index (χ1v) is 6.73. The molecule has 1 aliphatic heterocycles. The molecule has 0 saturated carbocycles. The lowest BCUT2D eigenvalue weighted by Crippen LogP contribution is -2.39. The molecular formula is C14H15ClN2O2. The van der Waals surface area contributed by atoms with E-state index in [1.165, 1.54) is 0 Å². The number of nitrogens with one attached hydrogen (secondary N) is 1. The molecule has 1 fully saturated rings. The van der Waals surface area contributed by atoms with Crippen LogP contribution in [0.5, 0.6) is 0 Å². The van der Waals surface area contributed by atoms with Crippen LogP contribution in [0, 0.1) is 0 Å². The van der Waals surface area contributed by atoms with Crippen molar-refractivity contribution in [2.45, 2.75) is 12.5 Å². The molecule has 0 amide bonds. The normalized spacial score (nSPS) is 19.5. The number of benzene rings is 1. The molecule has 0 bridgehead atoms. The summed E-state index contributed by atoms with van der Waals surface area (Å²) in [4.78, 5) is 0. The Bertz CT molecular complexity index is 536. The van der Waals surface area contributed by atoms with Crippen LogP contribution in [0.3, 0.4) is 0 Å². The maximum Gasteiger partial charge on any atom is 0.168 e. The Hall–Kier alpha value is -1.36. The molecule has 4 nitrogen and oxygen atoms in total. The second-order valence-corrected chi connectivity index (χ2v) is 4.96. The average molecular weight is 279 g/mol. The summed E-state index contributed by atoms with van der Waals surface area (Å²) in [5.74, 6) is 0.698. The van der Waals surface area contributed by atoms with Crippen molar-refractivity contribution in [3.05, 3.63) is 41.0 Å². The van der Waals surface area contributed by atoms with Crippen molar-refractivity contribution in [2.24, 2.45) is 0 Å².